The van der Waals surface area contributed by atoms with Gasteiger partial charge in [0.2, 0.25) is 0 Å². The summed E-state index contributed by atoms with van der Waals surface area (Å²) in [6.45, 7) is 6.30. The molecule has 0 amide bonds. The molecule has 0 aromatic carbocycles. The normalized spacial score (nSPS) is 11.0. The van der Waals surface area contributed by atoms with E-state index in [-0.39, 0.29) is 25.4 Å². The fourth-order valence-corrected chi connectivity index (χ4v) is 2.55. The maximum Gasteiger partial charge on any atom is 0.306 e. The van der Waals surface area contributed by atoms with Gasteiger partial charge in [0.05, 0.1) is 5.92 Å². The van der Waals surface area contributed by atoms with E-state index in [1.54, 1.807) is 0 Å². The van der Waals surface area contributed by atoms with E-state index in [1.807, 2.05) is 6.92 Å². The van der Waals surface area contributed by atoms with E-state index in [1.165, 1.54) is 51.4 Å². The van der Waals surface area contributed by atoms with Crippen molar-refractivity contribution in [2.75, 3.05) is 0 Å². The standard InChI is InChI=1S/2C10H20O2.Zn/c1-3-5-6-7-8-9(4-2)10(11)12;1-2-3-4-5-6-7-8-9-10(11)12;/h9H,3-8H2,1-2H3,(H,11,12);2-9H2,1H3,(H,11,12);. The van der Waals surface area contributed by atoms with Gasteiger partial charge in [-0.2, -0.15) is 0 Å². The van der Waals surface area contributed by atoms with Gasteiger partial charge in [-0.3, -0.25) is 9.59 Å². The van der Waals surface area contributed by atoms with Crippen LogP contribution in [0.15, 0.2) is 0 Å². The second-order valence-electron chi connectivity index (χ2n) is 6.56. The number of aliphatic carboxylic acids is 2. The van der Waals surface area contributed by atoms with Crippen molar-refractivity contribution < 1.29 is 39.3 Å². The van der Waals surface area contributed by atoms with E-state index in [9.17, 15) is 9.59 Å². The Balaban J connectivity index is -0.000000372. The van der Waals surface area contributed by atoms with Crippen molar-refractivity contribution in [2.24, 2.45) is 5.92 Å². The van der Waals surface area contributed by atoms with Crippen LogP contribution >= 0.6 is 0 Å². The molecule has 2 N–H and O–H groups in total. The van der Waals surface area contributed by atoms with Crippen molar-refractivity contribution in [3.8, 4) is 0 Å². The number of carboxylic acids is 2. The van der Waals surface area contributed by atoms with Gasteiger partial charge in [-0.1, -0.05) is 85.0 Å². The predicted molar refractivity (Wildman–Crippen MR) is 100 cm³/mol. The molecule has 0 spiro atoms. The summed E-state index contributed by atoms with van der Waals surface area (Å²) >= 11 is 0. The molecule has 0 aliphatic carbocycles. The minimum atomic E-state index is -0.663. The van der Waals surface area contributed by atoms with Crippen LogP contribution < -0.4 is 0 Å². The van der Waals surface area contributed by atoms with Crippen molar-refractivity contribution in [1.29, 1.82) is 0 Å². The van der Waals surface area contributed by atoms with Crippen LogP contribution in [0.3, 0.4) is 0 Å². The van der Waals surface area contributed by atoms with Crippen LogP contribution in [0.2, 0.25) is 0 Å². The quantitative estimate of drug-likeness (QED) is 0.246. The maximum absolute atomic E-state index is 10.6. The largest absolute Gasteiger partial charge is 0.481 e. The summed E-state index contributed by atoms with van der Waals surface area (Å²) in [6.07, 6.45) is 15.0. The van der Waals surface area contributed by atoms with E-state index >= 15 is 0 Å². The fourth-order valence-electron chi connectivity index (χ4n) is 2.55. The Hall–Kier alpha value is -0.437. The minimum absolute atomic E-state index is 0. The Morgan fingerprint density at radius 1 is 0.720 bits per heavy atom. The third-order valence-electron chi connectivity index (χ3n) is 4.24. The van der Waals surface area contributed by atoms with E-state index < -0.39 is 11.9 Å². The SMILES string of the molecule is CCCCCCC(CC)C(=O)O.CCCCCCCCCC(=O)O.[Zn]. The Labute approximate surface area is 167 Å². The molecule has 0 fully saturated rings. The van der Waals surface area contributed by atoms with Gasteiger partial charge < -0.3 is 10.2 Å². The topological polar surface area (TPSA) is 74.6 Å². The maximum atomic E-state index is 10.6. The van der Waals surface area contributed by atoms with Gasteiger partial charge in [0.25, 0.3) is 0 Å². The molecule has 0 rings (SSSR count). The molecule has 0 heterocycles. The number of unbranched alkanes of at least 4 members (excludes halogenated alkanes) is 9. The van der Waals surface area contributed by atoms with Gasteiger partial charge in [0.15, 0.2) is 0 Å². The Kier molecular flexibility index (Phi) is 27.6. The van der Waals surface area contributed by atoms with Gasteiger partial charge in [-0.05, 0) is 19.3 Å². The van der Waals surface area contributed by atoms with Crippen molar-refractivity contribution in [3.63, 3.8) is 0 Å². The molecule has 5 heteroatoms. The first-order chi connectivity index (χ1) is 11.5. The molecule has 146 valence electrons. The Morgan fingerprint density at radius 2 is 1.16 bits per heavy atom. The molecule has 0 radical (unpaired) electrons. The van der Waals surface area contributed by atoms with Crippen molar-refractivity contribution in [2.45, 2.75) is 111 Å². The van der Waals surface area contributed by atoms with Gasteiger partial charge >= 0.3 is 11.9 Å². The summed E-state index contributed by atoms with van der Waals surface area (Å²) < 4.78 is 0. The van der Waals surface area contributed by atoms with E-state index in [0.29, 0.717) is 6.42 Å². The molecule has 1 unspecified atom stereocenters. The molecule has 0 aromatic heterocycles. The molecule has 0 saturated heterocycles. The molecule has 1 atom stereocenters. The average Bonchev–Trinajstić information content (AvgIpc) is 2.54. The van der Waals surface area contributed by atoms with Gasteiger partial charge in [-0.25, -0.2) is 0 Å². The summed E-state index contributed by atoms with van der Waals surface area (Å²) in [7, 11) is 0. The smallest absolute Gasteiger partial charge is 0.306 e. The molecule has 4 nitrogen and oxygen atoms in total. The van der Waals surface area contributed by atoms with Crippen LogP contribution in [0.25, 0.3) is 0 Å². The zero-order valence-corrected chi connectivity index (χ0v) is 19.9. The zero-order valence-electron chi connectivity index (χ0n) is 16.9. The summed E-state index contributed by atoms with van der Waals surface area (Å²) in [6, 6.07) is 0. The molecule has 0 aliphatic rings. The first kappa shape index (κ1) is 29.3. The molecule has 0 bridgehead atoms. The van der Waals surface area contributed by atoms with Crippen LogP contribution in [0.4, 0.5) is 0 Å². The van der Waals surface area contributed by atoms with Gasteiger partial charge in [0, 0.05) is 25.9 Å². The third-order valence-corrected chi connectivity index (χ3v) is 4.24. The summed E-state index contributed by atoms with van der Waals surface area (Å²) in [4.78, 5) is 20.7. The number of carbonyl (C=O) groups is 2. The zero-order chi connectivity index (χ0) is 18.6. The van der Waals surface area contributed by atoms with Crippen molar-refractivity contribution in [3.05, 3.63) is 0 Å². The molecular weight excluding hydrogens is 370 g/mol. The molecule has 0 saturated carbocycles. The Morgan fingerprint density at radius 3 is 1.56 bits per heavy atom. The van der Waals surface area contributed by atoms with E-state index in [4.69, 9.17) is 10.2 Å². The summed E-state index contributed by atoms with van der Waals surface area (Å²) in [5.74, 6) is -1.40. The minimum Gasteiger partial charge on any atom is -0.481 e. The van der Waals surface area contributed by atoms with Gasteiger partial charge in [0.1, 0.15) is 0 Å². The molecule has 25 heavy (non-hydrogen) atoms. The van der Waals surface area contributed by atoms with Gasteiger partial charge in [-0.15, -0.1) is 0 Å². The summed E-state index contributed by atoms with van der Waals surface area (Å²) in [5, 5.41) is 17.1. The second-order valence-corrected chi connectivity index (χ2v) is 6.56. The third kappa shape index (κ3) is 25.9. The molecular formula is C20H40O4Zn. The van der Waals surface area contributed by atoms with Crippen LogP contribution in [0.5, 0.6) is 0 Å². The first-order valence-corrected chi connectivity index (χ1v) is 9.94. The van der Waals surface area contributed by atoms with Crippen molar-refractivity contribution >= 4 is 11.9 Å². The average molecular weight is 410 g/mol. The van der Waals surface area contributed by atoms with E-state index in [0.717, 1.165) is 32.1 Å². The second kappa shape index (κ2) is 23.6. The summed E-state index contributed by atoms with van der Waals surface area (Å²) in [5.41, 5.74) is 0. The monoisotopic (exact) mass is 408 g/mol. The molecule has 0 aliphatic heterocycles. The number of rotatable bonds is 15. The van der Waals surface area contributed by atoms with E-state index in [2.05, 4.69) is 13.8 Å². The van der Waals surface area contributed by atoms with Crippen LogP contribution in [-0.2, 0) is 29.1 Å². The number of hydrogen-bond donors (Lipinski definition) is 2. The van der Waals surface area contributed by atoms with Crippen molar-refractivity contribution in [1.82, 2.24) is 0 Å². The number of carboxylic acid groups (broad SMARTS) is 2. The van der Waals surface area contributed by atoms with Crippen LogP contribution in [0, 0.1) is 5.92 Å². The van der Waals surface area contributed by atoms with Crippen LogP contribution in [-0.4, -0.2) is 22.2 Å². The predicted octanol–water partition coefficient (Wildman–Crippen LogP) is 6.28. The first-order valence-electron chi connectivity index (χ1n) is 9.94. The Bertz CT molecular complexity index is 295. The number of hydrogen-bond acceptors (Lipinski definition) is 2. The van der Waals surface area contributed by atoms with Crippen LogP contribution in [0.1, 0.15) is 111 Å². The molecule has 0 aromatic rings. The fraction of sp³-hybridized carbons (Fsp3) is 0.900.